The molecule has 2 nitrogen and oxygen atoms in total. The van der Waals surface area contributed by atoms with Crippen molar-refractivity contribution in [3.05, 3.63) is 29.1 Å². The van der Waals surface area contributed by atoms with Crippen LogP contribution in [0.5, 0.6) is 0 Å². The topological polar surface area (TPSA) is 29.3 Å². The zero-order chi connectivity index (χ0) is 11.7. The second-order valence-corrected chi connectivity index (χ2v) is 4.81. The normalized spacial score (nSPS) is 18.9. The maximum Gasteiger partial charge on any atom is 0.128 e. The Kier molecular flexibility index (Phi) is 3.15. The van der Waals surface area contributed by atoms with E-state index in [1.807, 2.05) is 13.0 Å². The lowest BCUT2D eigenvalue weighted by Crippen LogP contribution is -2.29. The van der Waals surface area contributed by atoms with Crippen LogP contribution in [-0.2, 0) is 0 Å². The van der Waals surface area contributed by atoms with E-state index in [2.05, 4.69) is 11.9 Å². The quantitative estimate of drug-likeness (QED) is 0.740. The molecule has 1 aliphatic heterocycles. The first-order valence-electron chi connectivity index (χ1n) is 5.82. The number of rotatable bonds is 1. The van der Waals surface area contributed by atoms with Gasteiger partial charge in [-0.05, 0) is 69.1 Å². The van der Waals surface area contributed by atoms with Crippen LogP contribution in [0.3, 0.4) is 0 Å². The summed E-state index contributed by atoms with van der Waals surface area (Å²) in [5.74, 6) is 0.226. The first-order valence-corrected chi connectivity index (χ1v) is 5.82. The van der Waals surface area contributed by atoms with E-state index in [1.165, 1.54) is 6.07 Å². The van der Waals surface area contributed by atoms with Gasteiger partial charge in [0.25, 0.3) is 0 Å². The Bertz CT molecular complexity index is 359. The fourth-order valence-electron chi connectivity index (χ4n) is 2.60. The molecular weight excluding hydrogens is 203 g/mol. The Hall–Kier alpha value is -1.09. The van der Waals surface area contributed by atoms with E-state index in [0.29, 0.717) is 11.6 Å². The van der Waals surface area contributed by atoms with Crippen LogP contribution in [-0.4, -0.2) is 25.0 Å². The van der Waals surface area contributed by atoms with Crippen LogP contribution in [0, 0.1) is 12.7 Å². The van der Waals surface area contributed by atoms with Gasteiger partial charge in [-0.25, -0.2) is 4.39 Å². The maximum atomic E-state index is 13.9. The number of halogens is 1. The minimum absolute atomic E-state index is 0.132. The van der Waals surface area contributed by atoms with Crippen LogP contribution in [0.2, 0.25) is 0 Å². The standard InChI is InChI=1S/C13H19FN2/c1-9-7-11(15)8-12(14)13(9)10-3-5-16(2)6-4-10/h7-8,10H,3-6,15H2,1-2H3. The van der Waals surface area contributed by atoms with E-state index in [0.717, 1.165) is 37.1 Å². The molecule has 1 aromatic carbocycles. The van der Waals surface area contributed by atoms with Crippen molar-refractivity contribution in [2.75, 3.05) is 25.9 Å². The predicted molar refractivity (Wildman–Crippen MR) is 65.0 cm³/mol. The Morgan fingerprint density at radius 2 is 1.94 bits per heavy atom. The molecule has 0 aliphatic carbocycles. The van der Waals surface area contributed by atoms with Gasteiger partial charge in [-0.3, -0.25) is 0 Å². The average Bonchev–Trinajstić information content (AvgIpc) is 2.19. The Labute approximate surface area is 96.2 Å². The molecule has 0 bridgehead atoms. The Morgan fingerprint density at radius 1 is 1.31 bits per heavy atom. The smallest absolute Gasteiger partial charge is 0.128 e. The van der Waals surface area contributed by atoms with Crippen molar-refractivity contribution in [3.63, 3.8) is 0 Å². The Balaban J connectivity index is 2.26. The number of likely N-dealkylation sites (tertiary alicyclic amines) is 1. The Morgan fingerprint density at radius 3 is 2.50 bits per heavy atom. The number of nitrogens with two attached hydrogens (primary N) is 1. The van der Waals surface area contributed by atoms with Crippen LogP contribution in [0.4, 0.5) is 10.1 Å². The summed E-state index contributed by atoms with van der Waals surface area (Å²) in [6.07, 6.45) is 2.08. The monoisotopic (exact) mass is 222 g/mol. The van der Waals surface area contributed by atoms with Crippen LogP contribution in [0.1, 0.15) is 29.9 Å². The number of benzene rings is 1. The summed E-state index contributed by atoms with van der Waals surface area (Å²) in [7, 11) is 2.11. The van der Waals surface area contributed by atoms with Gasteiger partial charge in [-0.1, -0.05) is 0 Å². The number of aryl methyl sites for hydroxylation is 1. The second kappa shape index (κ2) is 4.42. The van der Waals surface area contributed by atoms with Crippen molar-refractivity contribution >= 4 is 5.69 Å². The molecule has 1 saturated heterocycles. The molecule has 0 unspecified atom stereocenters. The number of anilines is 1. The van der Waals surface area contributed by atoms with E-state index in [9.17, 15) is 4.39 Å². The minimum Gasteiger partial charge on any atom is -0.399 e. The van der Waals surface area contributed by atoms with Gasteiger partial charge in [0, 0.05) is 5.69 Å². The maximum absolute atomic E-state index is 13.9. The third kappa shape index (κ3) is 2.19. The summed E-state index contributed by atoms with van der Waals surface area (Å²) >= 11 is 0. The van der Waals surface area contributed by atoms with Crippen molar-refractivity contribution in [2.45, 2.75) is 25.7 Å². The molecule has 0 amide bonds. The fraction of sp³-hybridized carbons (Fsp3) is 0.538. The van der Waals surface area contributed by atoms with Gasteiger partial charge in [-0.15, -0.1) is 0 Å². The first-order chi connectivity index (χ1) is 7.58. The lowest BCUT2D eigenvalue weighted by molar-refractivity contribution is 0.252. The second-order valence-electron chi connectivity index (χ2n) is 4.81. The zero-order valence-electron chi connectivity index (χ0n) is 9.96. The van der Waals surface area contributed by atoms with E-state index >= 15 is 0 Å². The molecule has 0 saturated carbocycles. The van der Waals surface area contributed by atoms with Crippen molar-refractivity contribution in [1.29, 1.82) is 0 Å². The van der Waals surface area contributed by atoms with E-state index in [1.54, 1.807) is 0 Å². The van der Waals surface area contributed by atoms with E-state index < -0.39 is 0 Å². The lowest BCUT2D eigenvalue weighted by Gasteiger charge is -2.30. The highest BCUT2D eigenvalue weighted by Gasteiger charge is 2.22. The molecule has 1 fully saturated rings. The summed E-state index contributed by atoms with van der Waals surface area (Å²) in [4.78, 5) is 2.29. The number of piperidine rings is 1. The molecule has 16 heavy (non-hydrogen) atoms. The van der Waals surface area contributed by atoms with Crippen molar-refractivity contribution < 1.29 is 4.39 Å². The summed E-state index contributed by atoms with van der Waals surface area (Å²) < 4.78 is 13.9. The van der Waals surface area contributed by atoms with Gasteiger partial charge in [-0.2, -0.15) is 0 Å². The molecule has 2 N–H and O–H groups in total. The predicted octanol–water partition coefficient (Wildman–Crippen LogP) is 2.53. The first kappa shape index (κ1) is 11.4. The van der Waals surface area contributed by atoms with E-state index in [-0.39, 0.29) is 5.82 Å². The lowest BCUT2D eigenvalue weighted by atomic mass is 9.86. The van der Waals surface area contributed by atoms with Gasteiger partial charge in [0.1, 0.15) is 5.82 Å². The highest BCUT2D eigenvalue weighted by Crippen LogP contribution is 2.32. The van der Waals surface area contributed by atoms with Crippen molar-refractivity contribution in [3.8, 4) is 0 Å². The fourth-order valence-corrected chi connectivity index (χ4v) is 2.60. The van der Waals surface area contributed by atoms with Gasteiger partial charge in [0.2, 0.25) is 0 Å². The largest absolute Gasteiger partial charge is 0.399 e. The average molecular weight is 222 g/mol. The zero-order valence-corrected chi connectivity index (χ0v) is 9.96. The molecule has 1 heterocycles. The molecule has 1 aliphatic rings. The molecule has 0 spiro atoms. The van der Waals surface area contributed by atoms with Crippen LogP contribution >= 0.6 is 0 Å². The number of nitrogens with zero attached hydrogens (tertiary/aromatic N) is 1. The minimum atomic E-state index is -0.132. The highest BCUT2D eigenvalue weighted by molar-refractivity contribution is 5.46. The van der Waals surface area contributed by atoms with Crippen LogP contribution in [0.15, 0.2) is 12.1 Å². The van der Waals surface area contributed by atoms with Gasteiger partial charge >= 0.3 is 0 Å². The third-order valence-corrected chi connectivity index (χ3v) is 3.49. The molecular formula is C13H19FN2. The molecule has 0 atom stereocenters. The van der Waals surface area contributed by atoms with Crippen molar-refractivity contribution in [1.82, 2.24) is 4.90 Å². The summed E-state index contributed by atoms with van der Waals surface area (Å²) in [6, 6.07) is 3.32. The number of nitrogen functional groups attached to an aromatic ring is 1. The molecule has 1 aromatic rings. The SMILES string of the molecule is Cc1cc(N)cc(F)c1C1CCN(C)CC1. The molecule has 2 rings (SSSR count). The summed E-state index contributed by atoms with van der Waals surface area (Å²) in [5, 5.41) is 0. The molecule has 0 aromatic heterocycles. The molecule has 88 valence electrons. The van der Waals surface area contributed by atoms with Crippen LogP contribution < -0.4 is 5.73 Å². The number of hydrogen-bond donors (Lipinski definition) is 1. The van der Waals surface area contributed by atoms with Gasteiger partial charge in [0.05, 0.1) is 0 Å². The number of hydrogen-bond acceptors (Lipinski definition) is 2. The van der Waals surface area contributed by atoms with Crippen LogP contribution in [0.25, 0.3) is 0 Å². The highest BCUT2D eigenvalue weighted by atomic mass is 19.1. The van der Waals surface area contributed by atoms with Crippen molar-refractivity contribution in [2.24, 2.45) is 0 Å². The summed E-state index contributed by atoms with van der Waals surface area (Å²) in [6.45, 7) is 4.05. The summed E-state index contributed by atoms with van der Waals surface area (Å²) in [5.41, 5.74) is 8.02. The molecule has 0 radical (unpaired) electrons. The third-order valence-electron chi connectivity index (χ3n) is 3.49. The van der Waals surface area contributed by atoms with Gasteiger partial charge < -0.3 is 10.6 Å². The van der Waals surface area contributed by atoms with E-state index in [4.69, 9.17) is 5.73 Å². The van der Waals surface area contributed by atoms with Gasteiger partial charge in [0.15, 0.2) is 0 Å². The molecule has 3 heteroatoms.